The van der Waals surface area contributed by atoms with E-state index in [9.17, 15) is 14.7 Å². The number of carbonyl (C=O) groups is 2. The van der Waals surface area contributed by atoms with Crippen molar-refractivity contribution in [3.8, 4) is 5.75 Å². The Morgan fingerprint density at radius 2 is 1.77 bits per heavy atom. The molecule has 0 aliphatic heterocycles. The molecule has 0 unspecified atom stereocenters. The zero-order chi connectivity index (χ0) is 21.6. The highest BCUT2D eigenvalue weighted by Crippen LogP contribution is 2.21. The zero-order valence-electron chi connectivity index (χ0n) is 17.3. The van der Waals surface area contributed by atoms with Gasteiger partial charge in [0, 0.05) is 24.6 Å². The van der Waals surface area contributed by atoms with Crippen molar-refractivity contribution in [3.63, 3.8) is 0 Å². The highest BCUT2D eigenvalue weighted by molar-refractivity contribution is 5.94. The maximum Gasteiger partial charge on any atom is 0.251 e. The number of furan rings is 1. The predicted octanol–water partition coefficient (Wildman–Crippen LogP) is 4.04. The molecule has 3 aromatic rings. The molecule has 0 saturated heterocycles. The largest absolute Gasteiger partial charge is 0.508 e. The highest BCUT2D eigenvalue weighted by Gasteiger charge is 2.24. The van der Waals surface area contributed by atoms with Gasteiger partial charge in [0.25, 0.3) is 5.91 Å². The van der Waals surface area contributed by atoms with Crippen LogP contribution in [-0.4, -0.2) is 27.9 Å². The average Bonchev–Trinajstić information content (AvgIpc) is 3.44. The van der Waals surface area contributed by atoms with Crippen LogP contribution in [0.1, 0.15) is 46.5 Å². The Morgan fingerprint density at radius 3 is 2.45 bits per heavy atom. The Bertz CT molecular complexity index is 1020. The van der Waals surface area contributed by atoms with Gasteiger partial charge in [-0.15, -0.1) is 0 Å². The van der Waals surface area contributed by atoms with Crippen molar-refractivity contribution in [1.82, 2.24) is 10.2 Å². The number of amides is 2. The van der Waals surface area contributed by atoms with Crippen molar-refractivity contribution in [3.05, 3.63) is 89.4 Å². The van der Waals surface area contributed by atoms with Crippen molar-refractivity contribution in [2.45, 2.75) is 44.8 Å². The third kappa shape index (κ3) is 5.75. The Morgan fingerprint density at radius 1 is 1.00 bits per heavy atom. The van der Waals surface area contributed by atoms with Crippen molar-refractivity contribution < 1.29 is 19.1 Å². The van der Waals surface area contributed by atoms with Gasteiger partial charge in [-0.1, -0.05) is 30.3 Å². The van der Waals surface area contributed by atoms with E-state index in [1.165, 1.54) is 0 Å². The van der Waals surface area contributed by atoms with Gasteiger partial charge in [-0.05, 0) is 60.7 Å². The van der Waals surface area contributed by atoms with Crippen LogP contribution in [0.3, 0.4) is 0 Å². The summed E-state index contributed by atoms with van der Waals surface area (Å²) in [6.45, 7) is 0.765. The third-order valence-corrected chi connectivity index (χ3v) is 5.38. The summed E-state index contributed by atoms with van der Waals surface area (Å²) < 4.78 is 5.44. The second-order valence-electron chi connectivity index (χ2n) is 7.90. The Balaban J connectivity index is 1.42. The van der Waals surface area contributed by atoms with Crippen LogP contribution in [0.15, 0.2) is 71.3 Å². The topological polar surface area (TPSA) is 82.8 Å². The van der Waals surface area contributed by atoms with Crippen LogP contribution in [0, 0.1) is 0 Å². The first-order valence-corrected chi connectivity index (χ1v) is 10.6. The first-order valence-electron chi connectivity index (χ1n) is 10.6. The van der Waals surface area contributed by atoms with Gasteiger partial charge in [0.2, 0.25) is 5.91 Å². The van der Waals surface area contributed by atoms with Gasteiger partial charge >= 0.3 is 0 Å². The van der Waals surface area contributed by atoms with E-state index in [0.29, 0.717) is 36.9 Å². The molecule has 1 fully saturated rings. The van der Waals surface area contributed by atoms with Crippen molar-refractivity contribution in [2.75, 3.05) is 0 Å². The number of nitrogens with zero attached hydrogens (tertiary/aromatic N) is 1. The molecule has 2 aromatic carbocycles. The lowest BCUT2D eigenvalue weighted by molar-refractivity contribution is -0.132. The number of carbonyl (C=O) groups excluding carboxylic acids is 2. The molecule has 2 amide bonds. The van der Waals surface area contributed by atoms with Crippen LogP contribution < -0.4 is 5.32 Å². The fourth-order valence-electron chi connectivity index (χ4n) is 3.42. The van der Waals surface area contributed by atoms with Gasteiger partial charge in [0.15, 0.2) is 0 Å². The number of hydrogen-bond acceptors (Lipinski definition) is 4. The third-order valence-electron chi connectivity index (χ3n) is 5.38. The molecule has 0 atom stereocenters. The van der Waals surface area contributed by atoms with Crippen LogP contribution >= 0.6 is 0 Å². The molecule has 31 heavy (non-hydrogen) atoms. The molecule has 6 heteroatoms. The molecular weight excluding hydrogens is 392 g/mol. The summed E-state index contributed by atoms with van der Waals surface area (Å²) in [4.78, 5) is 26.9. The quantitative estimate of drug-likeness (QED) is 0.549. The van der Waals surface area contributed by atoms with Gasteiger partial charge in [-0.3, -0.25) is 9.59 Å². The van der Waals surface area contributed by atoms with E-state index in [-0.39, 0.29) is 24.0 Å². The number of rotatable bonds is 9. The number of nitrogens with one attached hydrogen (secondary N) is 1. The molecule has 1 aliphatic rings. The molecule has 4 rings (SSSR count). The maximum atomic E-state index is 13.0. The van der Waals surface area contributed by atoms with E-state index in [1.807, 2.05) is 30.3 Å². The minimum Gasteiger partial charge on any atom is -0.508 e. The van der Waals surface area contributed by atoms with Crippen LogP contribution in [0.25, 0.3) is 0 Å². The van der Waals surface area contributed by atoms with E-state index in [1.54, 1.807) is 41.5 Å². The summed E-state index contributed by atoms with van der Waals surface area (Å²) in [7, 11) is 0. The molecule has 0 radical (unpaired) electrons. The van der Waals surface area contributed by atoms with E-state index in [2.05, 4.69) is 5.32 Å². The summed E-state index contributed by atoms with van der Waals surface area (Å²) in [5.74, 6) is 0.819. The highest BCUT2D eigenvalue weighted by atomic mass is 16.3. The van der Waals surface area contributed by atoms with Gasteiger partial charge in [0.1, 0.15) is 11.5 Å². The number of phenols is 1. The van der Waals surface area contributed by atoms with Crippen LogP contribution in [-0.2, 0) is 24.3 Å². The molecular formula is C25H26N2O4. The molecule has 1 aromatic heterocycles. The number of aromatic hydroxyl groups is 1. The number of hydrogen-bond donors (Lipinski definition) is 2. The predicted molar refractivity (Wildman–Crippen MR) is 116 cm³/mol. The lowest BCUT2D eigenvalue weighted by Gasteiger charge is -2.22. The van der Waals surface area contributed by atoms with E-state index < -0.39 is 0 Å². The number of para-hydroxylation sites is 1. The number of aryl methyl sites for hydroxylation is 1. The molecule has 1 saturated carbocycles. The average molecular weight is 418 g/mol. The van der Waals surface area contributed by atoms with Gasteiger partial charge in [-0.2, -0.15) is 0 Å². The molecule has 160 valence electrons. The van der Waals surface area contributed by atoms with E-state index in [0.717, 1.165) is 24.0 Å². The van der Waals surface area contributed by atoms with Crippen molar-refractivity contribution in [1.29, 1.82) is 0 Å². The number of phenolic OH excluding ortho intramolecular Hbond substituents is 1. The van der Waals surface area contributed by atoms with Crippen molar-refractivity contribution >= 4 is 11.8 Å². The first kappa shape index (κ1) is 20.7. The zero-order valence-corrected chi connectivity index (χ0v) is 17.3. The summed E-state index contributed by atoms with van der Waals surface area (Å²) in [5.41, 5.74) is 2.31. The standard InChI is InChI=1S/C25H26N2O4/c28-23-6-2-1-4-19(23)11-14-24(29)27(17-22-5-3-15-31-22)16-18-7-9-20(10-8-18)25(30)26-21-12-13-21/h1-10,15,21,28H,11-14,16-17H2,(H,26,30). The molecule has 0 spiro atoms. The minimum atomic E-state index is -0.0553. The van der Waals surface area contributed by atoms with Crippen LogP contribution in [0.5, 0.6) is 5.75 Å². The van der Waals surface area contributed by atoms with Gasteiger partial charge in [-0.25, -0.2) is 0 Å². The molecule has 6 nitrogen and oxygen atoms in total. The lowest BCUT2D eigenvalue weighted by Crippen LogP contribution is -2.30. The van der Waals surface area contributed by atoms with Crippen LogP contribution in [0.2, 0.25) is 0 Å². The van der Waals surface area contributed by atoms with Crippen LogP contribution in [0.4, 0.5) is 0 Å². The fourth-order valence-corrected chi connectivity index (χ4v) is 3.42. The first-order chi connectivity index (χ1) is 15.1. The molecule has 2 N–H and O–H groups in total. The summed E-state index contributed by atoms with van der Waals surface area (Å²) in [6.07, 6.45) is 4.43. The smallest absolute Gasteiger partial charge is 0.251 e. The monoisotopic (exact) mass is 418 g/mol. The van der Waals surface area contributed by atoms with E-state index in [4.69, 9.17) is 4.42 Å². The summed E-state index contributed by atoms with van der Waals surface area (Å²) in [6, 6.07) is 18.4. The fraction of sp³-hybridized carbons (Fsp3) is 0.280. The Kier molecular flexibility index (Phi) is 6.36. The Labute approximate surface area is 181 Å². The lowest BCUT2D eigenvalue weighted by atomic mass is 10.1. The minimum absolute atomic E-state index is 0.0322. The SMILES string of the molecule is O=C(NC1CC1)c1ccc(CN(Cc2ccco2)C(=O)CCc2ccccc2O)cc1. The summed E-state index contributed by atoms with van der Waals surface area (Å²) in [5, 5.41) is 12.9. The molecule has 1 heterocycles. The van der Waals surface area contributed by atoms with E-state index >= 15 is 0 Å². The normalized spacial score (nSPS) is 13.0. The van der Waals surface area contributed by atoms with Crippen molar-refractivity contribution in [2.24, 2.45) is 0 Å². The van der Waals surface area contributed by atoms with Gasteiger partial charge in [0.05, 0.1) is 12.8 Å². The Hall–Kier alpha value is -3.54. The second-order valence-corrected chi connectivity index (χ2v) is 7.90. The second kappa shape index (κ2) is 9.51. The molecule has 1 aliphatic carbocycles. The summed E-state index contributed by atoms with van der Waals surface area (Å²) >= 11 is 0. The molecule has 0 bridgehead atoms. The number of benzene rings is 2. The van der Waals surface area contributed by atoms with Gasteiger partial charge < -0.3 is 19.7 Å². The maximum absolute atomic E-state index is 13.0.